The molecule has 0 saturated carbocycles. The molecule has 1 atom stereocenters. The van der Waals surface area contributed by atoms with Crippen molar-refractivity contribution in [3.63, 3.8) is 0 Å². The predicted octanol–water partition coefficient (Wildman–Crippen LogP) is 5.21. The van der Waals surface area contributed by atoms with E-state index in [0.29, 0.717) is 19.6 Å². The van der Waals surface area contributed by atoms with Gasteiger partial charge in [-0.25, -0.2) is 4.98 Å². The highest BCUT2D eigenvalue weighted by Gasteiger charge is 2.36. The molecular formula is C27H28F3N5O. The molecule has 5 rings (SSSR count). The summed E-state index contributed by atoms with van der Waals surface area (Å²) in [5, 5.41) is 18.8. The van der Waals surface area contributed by atoms with Crippen LogP contribution < -0.4 is 9.80 Å². The van der Waals surface area contributed by atoms with Gasteiger partial charge in [0.05, 0.1) is 11.3 Å². The van der Waals surface area contributed by atoms with Crippen LogP contribution in [0.15, 0.2) is 49.2 Å². The lowest BCUT2D eigenvalue weighted by Crippen LogP contribution is -2.53. The zero-order valence-corrected chi connectivity index (χ0v) is 20.1. The Labute approximate surface area is 208 Å². The van der Waals surface area contributed by atoms with E-state index in [1.165, 1.54) is 16.7 Å². The molecule has 0 bridgehead atoms. The average Bonchev–Trinajstić information content (AvgIpc) is 3.34. The molecule has 1 saturated heterocycles. The lowest BCUT2D eigenvalue weighted by Gasteiger charge is -2.41. The number of fused-ring (bicyclic) bond motifs is 1. The number of hydrogen-bond donors (Lipinski definition) is 1. The van der Waals surface area contributed by atoms with Crippen molar-refractivity contribution >= 4 is 17.4 Å². The highest BCUT2D eigenvalue weighted by Crippen LogP contribution is 2.37. The number of aromatic nitrogens is 3. The third-order valence-electron chi connectivity index (χ3n) is 7.04. The van der Waals surface area contributed by atoms with Gasteiger partial charge in [-0.15, -0.1) is 5.10 Å². The molecule has 0 spiro atoms. The van der Waals surface area contributed by atoms with Gasteiger partial charge in [0.15, 0.2) is 5.82 Å². The monoisotopic (exact) mass is 495 g/mol. The number of aliphatic hydroxyl groups is 1. The third-order valence-corrected chi connectivity index (χ3v) is 7.04. The first-order valence-electron chi connectivity index (χ1n) is 12.1. The van der Waals surface area contributed by atoms with Gasteiger partial charge in [0.1, 0.15) is 11.6 Å². The summed E-state index contributed by atoms with van der Waals surface area (Å²) in [7, 11) is 0. The van der Waals surface area contributed by atoms with Crippen LogP contribution in [0.5, 0.6) is 0 Å². The Morgan fingerprint density at radius 2 is 1.86 bits per heavy atom. The number of nitrogens with zero attached hydrogens (tertiary/aromatic N) is 5. The normalized spacial score (nSPS) is 17.8. The van der Waals surface area contributed by atoms with Gasteiger partial charge in [0.2, 0.25) is 0 Å². The van der Waals surface area contributed by atoms with E-state index >= 15 is 0 Å². The lowest BCUT2D eigenvalue weighted by molar-refractivity contribution is -0.137. The molecule has 1 fully saturated rings. The van der Waals surface area contributed by atoms with Crippen LogP contribution in [0.1, 0.15) is 46.9 Å². The largest absolute Gasteiger partial charge is 0.508 e. The first-order chi connectivity index (χ1) is 17.2. The minimum Gasteiger partial charge on any atom is -0.508 e. The Balaban J connectivity index is 1.37. The van der Waals surface area contributed by atoms with Crippen LogP contribution in [0.4, 0.5) is 24.8 Å². The molecule has 0 amide bonds. The van der Waals surface area contributed by atoms with Crippen molar-refractivity contribution in [2.45, 2.75) is 44.8 Å². The van der Waals surface area contributed by atoms with Gasteiger partial charge in [0, 0.05) is 49.4 Å². The summed E-state index contributed by atoms with van der Waals surface area (Å²) in [6.07, 6.45) is 0.191. The summed E-state index contributed by atoms with van der Waals surface area (Å²) in [6, 6.07) is 11.1. The molecule has 3 heterocycles. The van der Waals surface area contributed by atoms with Crippen molar-refractivity contribution in [3.05, 3.63) is 82.7 Å². The minimum atomic E-state index is -4.62. The Hall–Kier alpha value is -3.62. The second kappa shape index (κ2) is 9.44. The fourth-order valence-corrected chi connectivity index (χ4v) is 5.28. The molecule has 2 aliphatic rings. The Morgan fingerprint density at radius 1 is 1.11 bits per heavy atom. The van der Waals surface area contributed by atoms with Gasteiger partial charge >= 0.3 is 6.18 Å². The molecule has 6 nitrogen and oxygen atoms in total. The molecule has 9 heteroatoms. The second-order valence-electron chi connectivity index (χ2n) is 9.46. The van der Waals surface area contributed by atoms with E-state index in [-0.39, 0.29) is 11.9 Å². The van der Waals surface area contributed by atoms with E-state index in [0.717, 1.165) is 49.5 Å². The fourth-order valence-electron chi connectivity index (χ4n) is 5.28. The second-order valence-corrected chi connectivity index (χ2v) is 9.46. The molecule has 36 heavy (non-hydrogen) atoms. The van der Waals surface area contributed by atoms with Crippen molar-refractivity contribution in [3.8, 4) is 0 Å². The van der Waals surface area contributed by atoms with E-state index in [9.17, 15) is 18.3 Å². The van der Waals surface area contributed by atoms with Gasteiger partial charge in [-0.3, -0.25) is 0 Å². The summed E-state index contributed by atoms with van der Waals surface area (Å²) < 4.78 is 40.8. The average molecular weight is 496 g/mol. The Bertz CT molecular complexity index is 1280. The van der Waals surface area contributed by atoms with Gasteiger partial charge in [-0.2, -0.15) is 18.3 Å². The lowest BCUT2D eigenvalue weighted by atomic mass is 10.0. The van der Waals surface area contributed by atoms with Crippen LogP contribution in [0.3, 0.4) is 0 Å². The van der Waals surface area contributed by atoms with Crippen LogP contribution >= 0.6 is 0 Å². The SMILES string of the molecule is C=C(O)c1cnc(N2CCN(c3nnc(Cc4ccccc4)c4c3CCC4)C[C@H]2C)cc1C(F)(F)F. The number of piperazine rings is 1. The smallest absolute Gasteiger partial charge is 0.417 e. The van der Waals surface area contributed by atoms with Crippen LogP contribution in [-0.2, 0) is 25.4 Å². The van der Waals surface area contributed by atoms with Crippen LogP contribution in [0.2, 0.25) is 0 Å². The van der Waals surface area contributed by atoms with Gasteiger partial charge < -0.3 is 14.9 Å². The van der Waals surface area contributed by atoms with E-state index < -0.39 is 23.1 Å². The number of alkyl halides is 3. The topological polar surface area (TPSA) is 65.4 Å². The van der Waals surface area contributed by atoms with Crippen molar-refractivity contribution < 1.29 is 18.3 Å². The zero-order chi connectivity index (χ0) is 25.4. The molecular weight excluding hydrogens is 467 g/mol. The van der Waals surface area contributed by atoms with Crippen molar-refractivity contribution in [1.29, 1.82) is 0 Å². The van der Waals surface area contributed by atoms with Crippen LogP contribution in [0.25, 0.3) is 5.76 Å². The third kappa shape index (κ3) is 4.62. The van der Waals surface area contributed by atoms with E-state index in [4.69, 9.17) is 0 Å². The van der Waals surface area contributed by atoms with Gasteiger partial charge in [-0.05, 0) is 43.4 Å². The summed E-state index contributed by atoms with van der Waals surface area (Å²) >= 11 is 0. The highest BCUT2D eigenvalue weighted by molar-refractivity contribution is 5.63. The summed E-state index contributed by atoms with van der Waals surface area (Å²) in [5.41, 5.74) is 3.43. The fraction of sp³-hybridized carbons (Fsp3) is 0.370. The number of anilines is 2. The van der Waals surface area contributed by atoms with Crippen LogP contribution in [-0.4, -0.2) is 46.0 Å². The number of pyridine rings is 1. The predicted molar refractivity (Wildman–Crippen MR) is 133 cm³/mol. The van der Waals surface area contributed by atoms with Gasteiger partial charge in [0.25, 0.3) is 0 Å². The van der Waals surface area contributed by atoms with Crippen molar-refractivity contribution in [1.82, 2.24) is 15.2 Å². The Morgan fingerprint density at radius 3 is 2.56 bits per heavy atom. The highest BCUT2D eigenvalue weighted by atomic mass is 19.4. The molecule has 0 unspecified atom stereocenters. The van der Waals surface area contributed by atoms with Crippen molar-refractivity contribution in [2.75, 3.05) is 29.4 Å². The molecule has 1 N–H and O–H groups in total. The standard InChI is InChI=1S/C27H28F3N5O/c1-17-16-34(11-12-35(17)25-14-23(27(28,29)30)22(15-31-25)18(2)36)26-21-10-6-9-20(21)24(32-33-26)13-19-7-4-3-5-8-19/h3-5,7-8,14-15,17,36H,2,6,9-13,16H2,1H3/t17-/m1/s1. The number of rotatable bonds is 5. The molecule has 2 aromatic heterocycles. The maximum Gasteiger partial charge on any atom is 0.417 e. The molecule has 1 aliphatic heterocycles. The summed E-state index contributed by atoms with van der Waals surface area (Å²) in [6.45, 7) is 6.90. The Kier molecular flexibility index (Phi) is 6.32. The van der Waals surface area contributed by atoms with Crippen LogP contribution in [0, 0.1) is 0 Å². The van der Waals surface area contributed by atoms with Gasteiger partial charge in [-0.1, -0.05) is 36.9 Å². The summed E-state index contributed by atoms with van der Waals surface area (Å²) in [5.74, 6) is 0.470. The molecule has 1 aromatic carbocycles. The minimum absolute atomic E-state index is 0.0987. The maximum atomic E-state index is 13.6. The van der Waals surface area contributed by atoms with Crippen molar-refractivity contribution in [2.24, 2.45) is 0 Å². The quantitative estimate of drug-likeness (QED) is 0.490. The van der Waals surface area contributed by atoms with E-state index in [2.05, 4.69) is 38.8 Å². The molecule has 0 radical (unpaired) electrons. The number of benzene rings is 1. The van der Waals surface area contributed by atoms with E-state index in [1.807, 2.05) is 30.0 Å². The van der Waals surface area contributed by atoms with E-state index in [1.54, 1.807) is 0 Å². The molecule has 188 valence electrons. The first kappa shape index (κ1) is 24.1. The number of halogens is 3. The number of aliphatic hydroxyl groups excluding tert-OH is 1. The molecule has 1 aliphatic carbocycles. The molecule has 3 aromatic rings. The number of hydrogen-bond acceptors (Lipinski definition) is 6. The first-order valence-corrected chi connectivity index (χ1v) is 12.1. The maximum absolute atomic E-state index is 13.6. The summed E-state index contributed by atoms with van der Waals surface area (Å²) in [4.78, 5) is 8.28. The zero-order valence-electron chi connectivity index (χ0n) is 20.1.